The van der Waals surface area contributed by atoms with Crippen molar-refractivity contribution in [1.29, 1.82) is 0 Å². The molecule has 4 heteroatoms. The minimum absolute atomic E-state index is 0. The van der Waals surface area contributed by atoms with E-state index in [1.54, 1.807) is 0 Å². The lowest BCUT2D eigenvalue weighted by atomic mass is 10.3. The van der Waals surface area contributed by atoms with Gasteiger partial charge >= 0.3 is 0 Å². The Morgan fingerprint density at radius 3 is 1.50 bits per heavy atom. The van der Waals surface area contributed by atoms with Crippen LogP contribution >= 0.6 is 24.4 Å². The summed E-state index contributed by atoms with van der Waals surface area (Å²) >= 11 is 0. The molecule has 76 valence electrons. The Morgan fingerprint density at radius 2 is 1.33 bits per heavy atom. The van der Waals surface area contributed by atoms with Gasteiger partial charge in [0.25, 0.3) is 0 Å². The predicted molar refractivity (Wildman–Crippen MR) is 59.6 cm³/mol. The highest BCUT2D eigenvalue weighted by molar-refractivity contribution is 8.93. The standard InChI is InChI=1S/C8H19O2P.BrH/c1-7(2)5-11(9,10)6-8(3)4;/h7-8H,5-6H2,1-4H3,(H,9,10);1H. The van der Waals surface area contributed by atoms with Crippen molar-refractivity contribution in [2.75, 3.05) is 12.3 Å². The smallest absolute Gasteiger partial charge is 0.201 e. The van der Waals surface area contributed by atoms with Crippen LogP contribution < -0.4 is 0 Å². The van der Waals surface area contributed by atoms with Crippen LogP contribution in [-0.2, 0) is 4.57 Å². The van der Waals surface area contributed by atoms with Gasteiger partial charge in [-0.15, -0.1) is 17.0 Å². The molecule has 12 heavy (non-hydrogen) atoms. The fourth-order valence-corrected chi connectivity index (χ4v) is 3.65. The lowest BCUT2D eigenvalue weighted by Gasteiger charge is -2.15. The zero-order valence-electron chi connectivity index (χ0n) is 8.28. The van der Waals surface area contributed by atoms with E-state index in [4.69, 9.17) is 0 Å². The van der Waals surface area contributed by atoms with Crippen molar-refractivity contribution in [3.8, 4) is 0 Å². The zero-order chi connectivity index (χ0) is 9.07. The van der Waals surface area contributed by atoms with Crippen molar-refractivity contribution in [3.05, 3.63) is 0 Å². The third kappa shape index (κ3) is 8.76. The normalized spacial score (nSPS) is 11.9. The second-order valence-electron chi connectivity index (χ2n) is 4.00. The van der Waals surface area contributed by atoms with E-state index >= 15 is 0 Å². The van der Waals surface area contributed by atoms with Gasteiger partial charge in [-0.05, 0) is 11.8 Å². The summed E-state index contributed by atoms with van der Waals surface area (Å²) in [5.41, 5.74) is 0. The Bertz CT molecular complexity index is 143. The molecule has 0 unspecified atom stereocenters. The molecule has 0 aliphatic heterocycles. The maximum Gasteiger partial charge on any atom is 0.201 e. The predicted octanol–water partition coefficient (Wildman–Crippen LogP) is 3.15. The van der Waals surface area contributed by atoms with Gasteiger partial charge < -0.3 is 4.89 Å². The first kappa shape index (κ1) is 15.2. The molecule has 0 saturated carbocycles. The molecule has 2 nitrogen and oxygen atoms in total. The summed E-state index contributed by atoms with van der Waals surface area (Å²) in [5, 5.41) is 0. The van der Waals surface area contributed by atoms with E-state index in [-0.39, 0.29) is 17.0 Å². The van der Waals surface area contributed by atoms with Gasteiger partial charge in [0.05, 0.1) is 0 Å². The molecule has 0 amide bonds. The summed E-state index contributed by atoms with van der Waals surface area (Å²) in [6, 6.07) is 0. The summed E-state index contributed by atoms with van der Waals surface area (Å²) in [6.07, 6.45) is 0.927. The molecular weight excluding hydrogens is 239 g/mol. The third-order valence-electron chi connectivity index (χ3n) is 1.30. The molecule has 0 rings (SSSR count). The van der Waals surface area contributed by atoms with Crippen molar-refractivity contribution < 1.29 is 9.46 Å². The van der Waals surface area contributed by atoms with Gasteiger partial charge in [0.15, 0.2) is 0 Å². The summed E-state index contributed by atoms with van der Waals surface area (Å²) in [5.74, 6) is 0.647. The number of halogens is 1. The molecule has 0 aromatic rings. The van der Waals surface area contributed by atoms with Gasteiger partial charge in [0.1, 0.15) is 0 Å². The zero-order valence-corrected chi connectivity index (χ0v) is 10.9. The lowest BCUT2D eigenvalue weighted by Crippen LogP contribution is -2.05. The largest absolute Gasteiger partial charge is 0.344 e. The molecule has 0 aromatic carbocycles. The number of rotatable bonds is 4. The fraction of sp³-hybridized carbons (Fsp3) is 1.00. The molecule has 0 radical (unpaired) electrons. The Hall–Kier alpha value is 0.670. The molecule has 0 fully saturated rings. The van der Waals surface area contributed by atoms with E-state index in [0.29, 0.717) is 24.2 Å². The summed E-state index contributed by atoms with van der Waals surface area (Å²) in [7, 11) is -2.80. The average molecular weight is 259 g/mol. The maximum absolute atomic E-state index is 11.4. The second kappa shape index (κ2) is 6.17. The first-order chi connectivity index (χ1) is 4.83. The van der Waals surface area contributed by atoms with Crippen LogP contribution in [0.2, 0.25) is 0 Å². The van der Waals surface area contributed by atoms with E-state index in [1.807, 2.05) is 27.7 Å². The van der Waals surface area contributed by atoms with Crippen LogP contribution in [0, 0.1) is 11.8 Å². The Morgan fingerprint density at radius 1 is 1.08 bits per heavy atom. The van der Waals surface area contributed by atoms with E-state index in [0.717, 1.165) is 0 Å². The topological polar surface area (TPSA) is 37.3 Å². The SMILES string of the molecule is Br.CC(C)CP(=O)(O)CC(C)C. The van der Waals surface area contributed by atoms with E-state index in [9.17, 15) is 9.46 Å². The minimum Gasteiger partial charge on any atom is -0.344 e. The highest BCUT2D eigenvalue weighted by Crippen LogP contribution is 2.43. The first-order valence-corrected chi connectivity index (χ1v) is 6.17. The van der Waals surface area contributed by atoms with Crippen LogP contribution in [0.4, 0.5) is 0 Å². The highest BCUT2D eigenvalue weighted by atomic mass is 79.9. The van der Waals surface area contributed by atoms with Crippen LogP contribution in [0.3, 0.4) is 0 Å². The molecule has 0 aliphatic carbocycles. The Balaban J connectivity index is 0. The quantitative estimate of drug-likeness (QED) is 0.787. The van der Waals surface area contributed by atoms with Crippen LogP contribution in [0.25, 0.3) is 0 Å². The molecule has 0 aliphatic rings. The maximum atomic E-state index is 11.4. The van der Waals surface area contributed by atoms with Crippen LogP contribution in [0.5, 0.6) is 0 Å². The van der Waals surface area contributed by atoms with Gasteiger partial charge in [-0.1, -0.05) is 27.7 Å². The number of hydrogen-bond acceptors (Lipinski definition) is 1. The van der Waals surface area contributed by atoms with Crippen molar-refractivity contribution in [2.45, 2.75) is 27.7 Å². The molecule has 0 spiro atoms. The van der Waals surface area contributed by atoms with Gasteiger partial charge in [0, 0.05) is 12.3 Å². The molecule has 0 saturated heterocycles. The van der Waals surface area contributed by atoms with E-state index in [2.05, 4.69) is 0 Å². The first-order valence-electron chi connectivity index (χ1n) is 4.14. The van der Waals surface area contributed by atoms with Gasteiger partial charge in [-0.2, -0.15) is 0 Å². The highest BCUT2D eigenvalue weighted by Gasteiger charge is 2.20. The van der Waals surface area contributed by atoms with Crippen molar-refractivity contribution >= 4 is 24.4 Å². The average Bonchev–Trinajstić information content (AvgIpc) is 1.53. The molecule has 0 atom stereocenters. The summed E-state index contributed by atoms with van der Waals surface area (Å²) in [4.78, 5) is 9.41. The van der Waals surface area contributed by atoms with Gasteiger partial charge in [0.2, 0.25) is 7.37 Å². The fourth-order valence-electron chi connectivity index (χ4n) is 1.22. The van der Waals surface area contributed by atoms with Gasteiger partial charge in [-0.3, -0.25) is 4.57 Å². The second-order valence-corrected chi connectivity index (χ2v) is 6.42. The summed E-state index contributed by atoms with van der Waals surface area (Å²) in [6.45, 7) is 7.90. The lowest BCUT2D eigenvalue weighted by molar-refractivity contribution is 0.459. The van der Waals surface area contributed by atoms with Gasteiger partial charge in [-0.25, -0.2) is 0 Å². The van der Waals surface area contributed by atoms with Crippen molar-refractivity contribution in [2.24, 2.45) is 11.8 Å². The molecule has 0 heterocycles. The van der Waals surface area contributed by atoms with Crippen molar-refractivity contribution in [1.82, 2.24) is 0 Å². The molecule has 0 bridgehead atoms. The molecular formula is C8H20BrO2P. The van der Waals surface area contributed by atoms with Crippen LogP contribution in [0.15, 0.2) is 0 Å². The molecule has 0 aromatic heterocycles. The Kier molecular flexibility index (Phi) is 7.80. The third-order valence-corrected chi connectivity index (χ3v) is 3.90. The van der Waals surface area contributed by atoms with Crippen molar-refractivity contribution in [3.63, 3.8) is 0 Å². The number of hydrogen-bond donors (Lipinski definition) is 1. The summed E-state index contributed by atoms with van der Waals surface area (Å²) < 4.78 is 11.4. The minimum atomic E-state index is -2.80. The monoisotopic (exact) mass is 258 g/mol. The molecule has 1 N–H and O–H groups in total. The van der Waals surface area contributed by atoms with E-state index in [1.165, 1.54) is 0 Å². The van der Waals surface area contributed by atoms with Crippen LogP contribution in [0.1, 0.15) is 27.7 Å². The Labute approximate surface area is 86.0 Å². The van der Waals surface area contributed by atoms with Crippen LogP contribution in [-0.4, -0.2) is 17.2 Å². The van der Waals surface area contributed by atoms with E-state index < -0.39 is 7.37 Å².